The monoisotopic (exact) mass is 567 g/mol. The molecule has 202 valence electrons. The molecule has 43 heavy (non-hydrogen) atoms. The van der Waals surface area contributed by atoms with Gasteiger partial charge in [0, 0.05) is 42.3 Å². The lowest BCUT2D eigenvalue weighted by molar-refractivity contribution is 0.672. The fraction of sp³-hybridized carbons (Fsp3) is 0. The lowest BCUT2D eigenvalue weighted by atomic mass is 10.0. The molecule has 0 bridgehead atoms. The van der Waals surface area contributed by atoms with Crippen LogP contribution in [-0.2, 0) is 0 Å². The number of fused-ring (bicyclic) bond motifs is 8. The summed E-state index contributed by atoms with van der Waals surface area (Å²) in [5, 5.41) is 7.11. The van der Waals surface area contributed by atoms with Crippen LogP contribution in [-0.4, -0.2) is 0 Å². The number of nitrogens with zero attached hydrogens (tertiary/aromatic N) is 1. The molecule has 0 aliphatic carbocycles. The first kappa shape index (κ1) is 24.2. The topological polar surface area (TPSA) is 16.4 Å². The van der Waals surface area contributed by atoms with Crippen molar-refractivity contribution >= 4 is 81.3 Å². The fourth-order valence-electron chi connectivity index (χ4n) is 6.43. The van der Waals surface area contributed by atoms with Crippen LogP contribution in [0.4, 0.5) is 17.1 Å². The summed E-state index contributed by atoms with van der Waals surface area (Å²) in [6, 6.07) is 54.3. The zero-order chi connectivity index (χ0) is 28.3. The minimum absolute atomic E-state index is 0.898. The van der Waals surface area contributed by atoms with Gasteiger partial charge >= 0.3 is 0 Å². The van der Waals surface area contributed by atoms with E-state index in [9.17, 15) is 0 Å². The molecule has 9 rings (SSSR count). The highest BCUT2D eigenvalue weighted by atomic mass is 32.1. The van der Waals surface area contributed by atoms with Crippen molar-refractivity contribution in [3.63, 3.8) is 0 Å². The predicted molar refractivity (Wildman–Crippen MR) is 184 cm³/mol. The smallest absolute Gasteiger partial charge is 0.145 e. The van der Waals surface area contributed by atoms with Crippen LogP contribution in [0.1, 0.15) is 0 Å². The highest BCUT2D eigenvalue weighted by molar-refractivity contribution is 7.25. The molecule has 0 radical (unpaired) electrons. The van der Waals surface area contributed by atoms with Gasteiger partial charge in [0.25, 0.3) is 0 Å². The minimum Gasteiger partial charge on any atom is -0.455 e. The van der Waals surface area contributed by atoms with Crippen molar-refractivity contribution < 1.29 is 4.42 Å². The van der Waals surface area contributed by atoms with Crippen molar-refractivity contribution in [1.29, 1.82) is 0 Å². The van der Waals surface area contributed by atoms with Gasteiger partial charge in [-0.1, -0.05) is 109 Å². The lowest BCUT2D eigenvalue weighted by Crippen LogP contribution is -2.10. The summed E-state index contributed by atoms with van der Waals surface area (Å²) >= 11 is 1.85. The van der Waals surface area contributed by atoms with E-state index in [4.69, 9.17) is 4.42 Å². The van der Waals surface area contributed by atoms with Crippen molar-refractivity contribution in [2.75, 3.05) is 4.90 Å². The molecule has 0 spiro atoms. The average molecular weight is 568 g/mol. The SMILES string of the molecule is c1ccc(-c2ccc(N(c3ccc4c(c3)sc3ccccc34)c3cc4ccccc4c4oc5ccccc5c34)cc2)cc1. The average Bonchev–Trinajstić information content (AvgIpc) is 3.64. The van der Waals surface area contributed by atoms with Crippen molar-refractivity contribution in [1.82, 2.24) is 0 Å². The Morgan fingerprint density at radius 3 is 1.98 bits per heavy atom. The van der Waals surface area contributed by atoms with Gasteiger partial charge in [0.2, 0.25) is 0 Å². The van der Waals surface area contributed by atoms with E-state index in [2.05, 4.69) is 150 Å². The molecule has 2 aromatic heterocycles. The summed E-state index contributed by atoms with van der Waals surface area (Å²) in [5.74, 6) is 0. The maximum absolute atomic E-state index is 6.59. The number of thiophene rings is 1. The predicted octanol–water partition coefficient (Wildman–Crippen LogP) is 12.2. The van der Waals surface area contributed by atoms with Crippen LogP contribution >= 0.6 is 11.3 Å². The van der Waals surface area contributed by atoms with Gasteiger partial charge in [-0.3, -0.25) is 0 Å². The van der Waals surface area contributed by atoms with E-state index in [1.807, 2.05) is 17.4 Å². The van der Waals surface area contributed by atoms with Crippen LogP contribution < -0.4 is 4.90 Å². The third-order valence-corrected chi connectivity index (χ3v) is 9.58. The Bertz CT molecular complexity index is 2450. The first-order valence-corrected chi connectivity index (χ1v) is 15.3. The molecule has 0 saturated heterocycles. The molecule has 0 saturated carbocycles. The van der Waals surface area contributed by atoms with Crippen LogP contribution in [0.3, 0.4) is 0 Å². The number of furan rings is 1. The summed E-state index contributed by atoms with van der Waals surface area (Å²) in [5.41, 5.74) is 7.54. The maximum Gasteiger partial charge on any atom is 0.145 e. The quantitative estimate of drug-likeness (QED) is 0.210. The molecule has 2 heterocycles. The molecule has 3 heteroatoms. The number of hydrogen-bond donors (Lipinski definition) is 0. The van der Waals surface area contributed by atoms with Gasteiger partial charge in [-0.05, 0) is 59.0 Å². The summed E-state index contributed by atoms with van der Waals surface area (Å²) in [4.78, 5) is 2.40. The van der Waals surface area contributed by atoms with Gasteiger partial charge in [-0.15, -0.1) is 11.3 Å². The highest BCUT2D eigenvalue weighted by Gasteiger charge is 2.22. The van der Waals surface area contributed by atoms with Crippen LogP contribution in [0.25, 0.3) is 64.0 Å². The number of para-hydroxylation sites is 1. The Morgan fingerprint density at radius 1 is 0.465 bits per heavy atom. The van der Waals surface area contributed by atoms with E-state index in [1.165, 1.54) is 31.3 Å². The van der Waals surface area contributed by atoms with Gasteiger partial charge in [0.15, 0.2) is 0 Å². The standard InChI is InChI=1S/C40H25NOS/c1-2-10-26(11-3-1)27-18-20-29(21-19-27)41(30-22-23-33-32-14-7-9-17-37(32)43-38(33)25-30)35-24-28-12-4-5-13-31(28)40-39(35)34-15-6-8-16-36(34)42-40/h1-25H. The minimum atomic E-state index is 0.898. The van der Waals surface area contributed by atoms with Gasteiger partial charge in [-0.25, -0.2) is 0 Å². The van der Waals surface area contributed by atoms with Gasteiger partial charge in [0.1, 0.15) is 11.2 Å². The molecule has 9 aromatic rings. The molecule has 0 aliphatic heterocycles. The van der Waals surface area contributed by atoms with Crippen LogP contribution in [0.15, 0.2) is 156 Å². The number of hydrogen-bond acceptors (Lipinski definition) is 3. The molecule has 2 nitrogen and oxygen atoms in total. The second kappa shape index (κ2) is 9.59. The summed E-state index contributed by atoms with van der Waals surface area (Å²) < 4.78 is 9.18. The first-order chi connectivity index (χ1) is 21.3. The van der Waals surface area contributed by atoms with E-state index in [0.29, 0.717) is 0 Å². The van der Waals surface area contributed by atoms with Crippen molar-refractivity contribution in [3.8, 4) is 11.1 Å². The summed E-state index contributed by atoms with van der Waals surface area (Å²) in [6.45, 7) is 0. The molecular weight excluding hydrogens is 543 g/mol. The molecule has 0 aliphatic rings. The van der Waals surface area contributed by atoms with E-state index in [-0.39, 0.29) is 0 Å². The maximum atomic E-state index is 6.59. The second-order valence-corrected chi connectivity index (χ2v) is 12.0. The van der Waals surface area contributed by atoms with E-state index >= 15 is 0 Å². The van der Waals surface area contributed by atoms with E-state index < -0.39 is 0 Å². The van der Waals surface area contributed by atoms with Gasteiger partial charge < -0.3 is 9.32 Å². The fourth-order valence-corrected chi connectivity index (χ4v) is 7.57. The van der Waals surface area contributed by atoms with Crippen molar-refractivity contribution in [2.45, 2.75) is 0 Å². The van der Waals surface area contributed by atoms with Crippen LogP contribution in [0, 0.1) is 0 Å². The Balaban J connectivity index is 1.34. The highest BCUT2D eigenvalue weighted by Crippen LogP contribution is 2.47. The normalized spacial score (nSPS) is 11.7. The molecule has 0 amide bonds. The Morgan fingerprint density at radius 2 is 1.12 bits per heavy atom. The van der Waals surface area contributed by atoms with E-state index in [0.717, 1.165) is 49.8 Å². The molecule has 0 N–H and O–H groups in total. The Labute approximate surface area is 252 Å². The third kappa shape index (κ3) is 3.86. The molecule has 7 aromatic carbocycles. The first-order valence-electron chi connectivity index (χ1n) is 14.5. The number of benzene rings is 7. The Hall–Kier alpha value is -5.38. The number of rotatable bonds is 4. The second-order valence-electron chi connectivity index (χ2n) is 10.9. The Kier molecular flexibility index (Phi) is 5.40. The third-order valence-electron chi connectivity index (χ3n) is 8.44. The van der Waals surface area contributed by atoms with Gasteiger partial charge in [-0.2, -0.15) is 0 Å². The largest absolute Gasteiger partial charge is 0.455 e. The molecular formula is C40H25NOS. The summed E-state index contributed by atoms with van der Waals surface area (Å²) in [7, 11) is 0. The number of anilines is 3. The zero-order valence-corrected chi connectivity index (χ0v) is 24.0. The lowest BCUT2D eigenvalue weighted by Gasteiger charge is -2.27. The molecule has 0 atom stereocenters. The van der Waals surface area contributed by atoms with E-state index in [1.54, 1.807) is 0 Å². The van der Waals surface area contributed by atoms with Crippen molar-refractivity contribution in [2.24, 2.45) is 0 Å². The van der Waals surface area contributed by atoms with Crippen LogP contribution in [0.2, 0.25) is 0 Å². The zero-order valence-electron chi connectivity index (χ0n) is 23.2. The molecule has 0 fully saturated rings. The van der Waals surface area contributed by atoms with Crippen LogP contribution in [0.5, 0.6) is 0 Å². The summed E-state index contributed by atoms with van der Waals surface area (Å²) in [6.07, 6.45) is 0. The molecule has 0 unspecified atom stereocenters. The van der Waals surface area contributed by atoms with Gasteiger partial charge in [0.05, 0.1) is 11.1 Å². The van der Waals surface area contributed by atoms with Crippen molar-refractivity contribution in [3.05, 3.63) is 152 Å².